The first-order valence-electron chi connectivity index (χ1n) is 8.31. The summed E-state index contributed by atoms with van der Waals surface area (Å²) in [5.41, 5.74) is 3.77. The van der Waals surface area contributed by atoms with E-state index in [-0.39, 0.29) is 0 Å². The minimum atomic E-state index is -3.45. The highest BCUT2D eigenvalue weighted by atomic mass is 32.2. The Morgan fingerprint density at radius 3 is 1.68 bits per heavy atom. The van der Waals surface area contributed by atoms with Gasteiger partial charge in [-0.1, -0.05) is 72.8 Å². The molecule has 0 aliphatic carbocycles. The first-order valence-corrected chi connectivity index (χ1v) is 9.79. The molecule has 0 heterocycles. The Morgan fingerprint density at radius 2 is 1.08 bits per heavy atom. The average Bonchev–Trinajstić information content (AvgIpc) is 2.61. The number of sulfone groups is 1. The van der Waals surface area contributed by atoms with Gasteiger partial charge in [0.2, 0.25) is 0 Å². The minimum absolute atomic E-state index is 0.380. The van der Waals surface area contributed by atoms with Gasteiger partial charge in [0.25, 0.3) is 0 Å². The lowest BCUT2D eigenvalue weighted by atomic mass is 9.95. The predicted octanol–water partition coefficient (Wildman–Crippen LogP) is 5.59. The lowest BCUT2D eigenvalue weighted by molar-refractivity contribution is 0.560. The fourth-order valence-corrected chi connectivity index (χ4v) is 4.23. The summed E-state index contributed by atoms with van der Waals surface area (Å²) in [5, 5.41) is 0. The van der Waals surface area contributed by atoms with Crippen molar-refractivity contribution in [2.24, 2.45) is 0 Å². The van der Waals surface area contributed by atoms with Crippen molar-refractivity contribution in [1.82, 2.24) is 0 Å². The molecule has 0 aliphatic rings. The van der Waals surface area contributed by atoms with E-state index in [9.17, 15) is 8.42 Å². The Morgan fingerprint density at radius 1 is 0.600 bits per heavy atom. The molecule has 128 valence electrons. The molecule has 0 amide bonds. The smallest absolute Gasteiger partial charge is 0.183 e. The second-order valence-corrected chi connectivity index (χ2v) is 9.70. The van der Waals surface area contributed by atoms with Crippen LogP contribution in [0.25, 0.3) is 22.3 Å². The van der Waals surface area contributed by atoms with Crippen LogP contribution in [0.5, 0.6) is 0 Å². The molecule has 0 unspecified atom stereocenters. The van der Waals surface area contributed by atoms with Crippen LogP contribution in [0, 0.1) is 0 Å². The Bertz CT molecular complexity index is 982. The first-order chi connectivity index (χ1) is 11.8. The van der Waals surface area contributed by atoms with Crippen LogP contribution in [0.1, 0.15) is 20.8 Å². The normalized spacial score (nSPS) is 12.1. The van der Waals surface area contributed by atoms with Gasteiger partial charge in [0.05, 0.1) is 9.64 Å². The molecule has 0 N–H and O–H groups in total. The molecule has 0 aliphatic heterocycles. The van der Waals surface area contributed by atoms with Gasteiger partial charge in [0.15, 0.2) is 9.84 Å². The van der Waals surface area contributed by atoms with Gasteiger partial charge in [-0.2, -0.15) is 0 Å². The first kappa shape index (κ1) is 17.4. The highest BCUT2D eigenvalue weighted by Crippen LogP contribution is 2.38. The maximum Gasteiger partial charge on any atom is 0.183 e. The van der Waals surface area contributed by atoms with Gasteiger partial charge in [-0.25, -0.2) is 8.42 Å². The van der Waals surface area contributed by atoms with Crippen LogP contribution in [0.4, 0.5) is 0 Å². The van der Waals surface area contributed by atoms with Crippen molar-refractivity contribution in [3.8, 4) is 22.3 Å². The van der Waals surface area contributed by atoms with E-state index in [1.165, 1.54) is 0 Å². The molecule has 3 rings (SSSR count). The minimum Gasteiger partial charge on any atom is -0.223 e. The lowest BCUT2D eigenvalue weighted by Gasteiger charge is -2.22. The Labute approximate surface area is 150 Å². The molecular formula is C22H22O2S. The summed E-state index contributed by atoms with van der Waals surface area (Å²) in [5.74, 6) is 0. The molecule has 0 spiro atoms. The molecule has 0 saturated heterocycles. The van der Waals surface area contributed by atoms with Crippen LogP contribution >= 0.6 is 0 Å². The Kier molecular flexibility index (Phi) is 4.53. The largest absolute Gasteiger partial charge is 0.223 e. The van der Waals surface area contributed by atoms with Crippen LogP contribution < -0.4 is 0 Å². The highest BCUT2D eigenvalue weighted by molar-refractivity contribution is 7.92. The molecule has 0 atom stereocenters. The molecular weight excluding hydrogens is 328 g/mol. The molecule has 0 radical (unpaired) electrons. The van der Waals surface area contributed by atoms with E-state index < -0.39 is 14.6 Å². The van der Waals surface area contributed by atoms with Crippen molar-refractivity contribution in [3.05, 3.63) is 78.9 Å². The Balaban J connectivity index is 2.28. The third kappa shape index (κ3) is 3.24. The van der Waals surface area contributed by atoms with Crippen molar-refractivity contribution in [3.63, 3.8) is 0 Å². The summed E-state index contributed by atoms with van der Waals surface area (Å²) in [7, 11) is -3.45. The molecule has 3 aromatic rings. The SMILES string of the molecule is CC(C)(C)S(=O)(=O)c1ccccc1-c1ccccc1-c1ccccc1. The maximum atomic E-state index is 13.1. The van der Waals surface area contributed by atoms with E-state index >= 15 is 0 Å². The monoisotopic (exact) mass is 350 g/mol. The summed E-state index contributed by atoms with van der Waals surface area (Å²) in [6.07, 6.45) is 0. The summed E-state index contributed by atoms with van der Waals surface area (Å²) < 4.78 is 25.3. The van der Waals surface area contributed by atoms with Gasteiger partial charge >= 0.3 is 0 Å². The second kappa shape index (κ2) is 6.49. The van der Waals surface area contributed by atoms with Gasteiger partial charge < -0.3 is 0 Å². The highest BCUT2D eigenvalue weighted by Gasteiger charge is 2.33. The van der Waals surface area contributed by atoms with Crippen LogP contribution in [0.3, 0.4) is 0 Å². The maximum absolute atomic E-state index is 13.1. The third-order valence-corrected chi connectivity index (χ3v) is 6.83. The average molecular weight is 350 g/mol. The van der Waals surface area contributed by atoms with E-state index in [0.717, 1.165) is 22.3 Å². The van der Waals surface area contributed by atoms with Crippen LogP contribution in [-0.4, -0.2) is 13.2 Å². The van der Waals surface area contributed by atoms with E-state index in [2.05, 4.69) is 0 Å². The number of rotatable bonds is 3. The summed E-state index contributed by atoms with van der Waals surface area (Å²) in [6, 6.07) is 25.3. The number of hydrogen-bond acceptors (Lipinski definition) is 2. The van der Waals surface area contributed by atoms with Crippen molar-refractivity contribution in [2.75, 3.05) is 0 Å². The molecule has 0 aromatic heterocycles. The van der Waals surface area contributed by atoms with E-state index in [1.807, 2.05) is 66.7 Å². The molecule has 0 bridgehead atoms. The lowest BCUT2D eigenvalue weighted by Crippen LogP contribution is -2.28. The van der Waals surface area contributed by atoms with Gasteiger partial charge in [0.1, 0.15) is 0 Å². The number of benzene rings is 3. The van der Waals surface area contributed by atoms with E-state index in [4.69, 9.17) is 0 Å². The van der Waals surface area contributed by atoms with E-state index in [0.29, 0.717) is 4.90 Å². The van der Waals surface area contributed by atoms with Crippen molar-refractivity contribution in [2.45, 2.75) is 30.4 Å². The summed E-state index contributed by atoms with van der Waals surface area (Å²) in [6.45, 7) is 5.21. The van der Waals surface area contributed by atoms with Crippen molar-refractivity contribution in [1.29, 1.82) is 0 Å². The zero-order chi connectivity index (χ0) is 18.1. The molecule has 3 aromatic carbocycles. The Hall–Kier alpha value is -2.39. The second-order valence-electron chi connectivity index (χ2n) is 7.02. The molecule has 3 heteroatoms. The van der Waals surface area contributed by atoms with Gasteiger partial charge in [-0.3, -0.25) is 0 Å². The molecule has 2 nitrogen and oxygen atoms in total. The van der Waals surface area contributed by atoms with Gasteiger partial charge in [-0.05, 0) is 43.5 Å². The van der Waals surface area contributed by atoms with Crippen LogP contribution in [0.15, 0.2) is 83.8 Å². The molecule has 0 saturated carbocycles. The van der Waals surface area contributed by atoms with Gasteiger partial charge in [-0.15, -0.1) is 0 Å². The van der Waals surface area contributed by atoms with Gasteiger partial charge in [0, 0.05) is 5.56 Å². The van der Waals surface area contributed by atoms with Crippen molar-refractivity contribution < 1.29 is 8.42 Å². The van der Waals surface area contributed by atoms with Crippen molar-refractivity contribution >= 4 is 9.84 Å². The standard InChI is InChI=1S/C22H22O2S/c1-22(2,3)25(23,24)21-16-10-9-15-20(21)19-14-8-7-13-18(19)17-11-5-4-6-12-17/h4-16H,1-3H3. The zero-order valence-corrected chi connectivity index (χ0v) is 15.5. The quantitative estimate of drug-likeness (QED) is 0.617. The molecule has 0 fully saturated rings. The van der Waals surface area contributed by atoms with Crippen LogP contribution in [-0.2, 0) is 9.84 Å². The number of hydrogen-bond donors (Lipinski definition) is 0. The third-order valence-electron chi connectivity index (χ3n) is 4.28. The fraction of sp³-hybridized carbons (Fsp3) is 0.182. The summed E-state index contributed by atoms with van der Waals surface area (Å²) in [4.78, 5) is 0.380. The van der Waals surface area contributed by atoms with Crippen LogP contribution in [0.2, 0.25) is 0 Å². The molecule has 25 heavy (non-hydrogen) atoms. The van der Waals surface area contributed by atoms with E-state index in [1.54, 1.807) is 32.9 Å². The summed E-state index contributed by atoms with van der Waals surface area (Å²) >= 11 is 0. The fourth-order valence-electron chi connectivity index (χ4n) is 2.84. The zero-order valence-electron chi connectivity index (χ0n) is 14.7. The predicted molar refractivity (Wildman–Crippen MR) is 104 cm³/mol. The topological polar surface area (TPSA) is 34.1 Å².